The van der Waals surface area contributed by atoms with Crippen molar-refractivity contribution in [2.24, 2.45) is 0 Å². The quantitative estimate of drug-likeness (QED) is 0.676. The molecule has 1 amide bonds. The molecule has 5 heteroatoms. The minimum absolute atomic E-state index is 0.0138. The summed E-state index contributed by atoms with van der Waals surface area (Å²) in [6.45, 7) is 5.35. The Morgan fingerprint density at radius 3 is 2.58 bits per heavy atom. The zero-order valence-electron chi connectivity index (χ0n) is 15.2. The summed E-state index contributed by atoms with van der Waals surface area (Å²) < 4.78 is 2.19. The number of thiophene rings is 1. The second-order valence-electron chi connectivity index (χ2n) is 6.42. The Balaban J connectivity index is 1.77. The third-order valence-electron chi connectivity index (χ3n) is 4.55. The predicted octanol–water partition coefficient (Wildman–Crippen LogP) is 4.36. The first-order valence-electron chi connectivity index (χ1n) is 8.43. The SMILES string of the molecule is Cc1cc(C(=O)N(C)Cc2ccc(C#N)cc2)c(C)n1Cc1cccs1. The van der Waals surface area contributed by atoms with Crippen LogP contribution in [0.1, 0.15) is 37.7 Å². The second kappa shape index (κ2) is 7.59. The molecule has 0 aliphatic carbocycles. The Morgan fingerprint density at radius 1 is 1.23 bits per heavy atom. The lowest BCUT2D eigenvalue weighted by atomic mass is 10.1. The van der Waals surface area contributed by atoms with Crippen LogP contribution in [0.4, 0.5) is 0 Å². The molecule has 0 fully saturated rings. The summed E-state index contributed by atoms with van der Waals surface area (Å²) in [5.41, 5.74) is 4.46. The van der Waals surface area contributed by atoms with Crippen LogP contribution >= 0.6 is 11.3 Å². The minimum Gasteiger partial charge on any atom is -0.343 e. The summed E-state index contributed by atoms with van der Waals surface area (Å²) in [7, 11) is 1.81. The molecule has 0 N–H and O–H groups in total. The van der Waals surface area contributed by atoms with Crippen LogP contribution in [0.5, 0.6) is 0 Å². The summed E-state index contributed by atoms with van der Waals surface area (Å²) >= 11 is 1.72. The van der Waals surface area contributed by atoms with Crippen LogP contribution in [0.2, 0.25) is 0 Å². The first-order valence-corrected chi connectivity index (χ1v) is 9.31. The first-order chi connectivity index (χ1) is 12.5. The first kappa shape index (κ1) is 18.0. The second-order valence-corrected chi connectivity index (χ2v) is 7.45. The fourth-order valence-corrected chi connectivity index (χ4v) is 3.75. The van der Waals surface area contributed by atoms with Gasteiger partial charge in [-0.05, 0) is 49.1 Å². The van der Waals surface area contributed by atoms with E-state index < -0.39 is 0 Å². The standard InChI is InChI=1S/C21H21N3OS/c1-15-11-20(16(2)24(15)14-19-5-4-10-26-19)21(25)23(3)13-18-8-6-17(12-22)7-9-18/h4-11H,13-14H2,1-3H3. The number of benzene rings is 1. The molecule has 0 saturated carbocycles. The number of aryl methyl sites for hydroxylation is 1. The van der Waals surface area contributed by atoms with Gasteiger partial charge in [0.2, 0.25) is 0 Å². The highest BCUT2D eigenvalue weighted by atomic mass is 32.1. The number of hydrogen-bond acceptors (Lipinski definition) is 3. The van der Waals surface area contributed by atoms with E-state index in [0.29, 0.717) is 12.1 Å². The number of nitriles is 1. The molecule has 2 heterocycles. The monoisotopic (exact) mass is 363 g/mol. The molecule has 3 aromatic rings. The molecule has 132 valence electrons. The molecule has 4 nitrogen and oxygen atoms in total. The number of aromatic nitrogens is 1. The summed E-state index contributed by atoms with van der Waals surface area (Å²) in [5, 5.41) is 11.0. The summed E-state index contributed by atoms with van der Waals surface area (Å²) in [5.74, 6) is 0.0138. The minimum atomic E-state index is 0.0138. The maximum atomic E-state index is 12.9. The van der Waals surface area contributed by atoms with Crippen molar-refractivity contribution >= 4 is 17.2 Å². The normalized spacial score (nSPS) is 10.5. The van der Waals surface area contributed by atoms with Crippen LogP contribution in [-0.2, 0) is 13.1 Å². The van der Waals surface area contributed by atoms with Gasteiger partial charge in [0.05, 0.1) is 23.7 Å². The number of hydrogen-bond donors (Lipinski definition) is 0. The van der Waals surface area contributed by atoms with E-state index in [9.17, 15) is 4.79 Å². The number of nitrogens with zero attached hydrogens (tertiary/aromatic N) is 3. The molecule has 0 aliphatic heterocycles. The topological polar surface area (TPSA) is 49.0 Å². The van der Waals surface area contributed by atoms with Crippen molar-refractivity contribution in [3.05, 3.63) is 80.8 Å². The molecular weight excluding hydrogens is 342 g/mol. The molecule has 0 aliphatic rings. The number of amides is 1. The highest BCUT2D eigenvalue weighted by Gasteiger charge is 2.19. The van der Waals surface area contributed by atoms with Crippen LogP contribution < -0.4 is 0 Å². The molecule has 26 heavy (non-hydrogen) atoms. The highest BCUT2D eigenvalue weighted by Crippen LogP contribution is 2.21. The third-order valence-corrected chi connectivity index (χ3v) is 5.41. The Hall–Kier alpha value is -2.84. The lowest BCUT2D eigenvalue weighted by molar-refractivity contribution is 0.0784. The zero-order chi connectivity index (χ0) is 18.7. The molecular formula is C21H21N3OS. The van der Waals surface area contributed by atoms with Gasteiger partial charge in [-0.3, -0.25) is 4.79 Å². The van der Waals surface area contributed by atoms with Gasteiger partial charge in [-0.2, -0.15) is 5.26 Å². The fraction of sp³-hybridized carbons (Fsp3) is 0.238. The van der Waals surface area contributed by atoms with Crippen molar-refractivity contribution in [2.45, 2.75) is 26.9 Å². The zero-order valence-corrected chi connectivity index (χ0v) is 16.0. The molecule has 0 bridgehead atoms. The van der Waals surface area contributed by atoms with Gasteiger partial charge in [0.1, 0.15) is 0 Å². The van der Waals surface area contributed by atoms with E-state index in [-0.39, 0.29) is 5.91 Å². The average molecular weight is 363 g/mol. The molecule has 0 saturated heterocycles. The summed E-state index contributed by atoms with van der Waals surface area (Å²) in [6.07, 6.45) is 0. The third kappa shape index (κ3) is 3.71. The highest BCUT2D eigenvalue weighted by molar-refractivity contribution is 7.09. The Labute approximate surface area is 157 Å². The van der Waals surface area contributed by atoms with Gasteiger partial charge in [0.25, 0.3) is 5.91 Å². The van der Waals surface area contributed by atoms with Gasteiger partial charge < -0.3 is 9.47 Å². The number of carbonyl (C=O) groups excluding carboxylic acids is 1. The van der Waals surface area contributed by atoms with Gasteiger partial charge in [-0.15, -0.1) is 11.3 Å². The molecule has 1 aromatic carbocycles. The van der Waals surface area contributed by atoms with Crippen LogP contribution in [0.15, 0.2) is 47.8 Å². The van der Waals surface area contributed by atoms with E-state index in [2.05, 4.69) is 22.1 Å². The van der Waals surface area contributed by atoms with E-state index in [1.165, 1.54) is 4.88 Å². The van der Waals surface area contributed by atoms with Gasteiger partial charge in [0, 0.05) is 29.9 Å². The smallest absolute Gasteiger partial charge is 0.255 e. The van der Waals surface area contributed by atoms with E-state index in [1.54, 1.807) is 28.4 Å². The van der Waals surface area contributed by atoms with Crippen molar-refractivity contribution in [3.8, 4) is 6.07 Å². The van der Waals surface area contributed by atoms with Crippen LogP contribution in [0.25, 0.3) is 0 Å². The molecule has 0 spiro atoms. The molecule has 3 rings (SSSR count). The molecule has 2 aromatic heterocycles. The van der Waals surface area contributed by atoms with Gasteiger partial charge in [-0.25, -0.2) is 0 Å². The van der Waals surface area contributed by atoms with E-state index in [0.717, 1.165) is 29.1 Å². The van der Waals surface area contributed by atoms with Crippen molar-refractivity contribution in [1.29, 1.82) is 5.26 Å². The number of carbonyl (C=O) groups is 1. The maximum absolute atomic E-state index is 12.9. The van der Waals surface area contributed by atoms with Crippen molar-refractivity contribution in [1.82, 2.24) is 9.47 Å². The van der Waals surface area contributed by atoms with Gasteiger partial charge in [-0.1, -0.05) is 18.2 Å². The van der Waals surface area contributed by atoms with E-state index in [4.69, 9.17) is 5.26 Å². The van der Waals surface area contributed by atoms with Crippen LogP contribution in [-0.4, -0.2) is 22.4 Å². The maximum Gasteiger partial charge on any atom is 0.255 e. The Morgan fingerprint density at radius 2 is 1.96 bits per heavy atom. The average Bonchev–Trinajstić information content (AvgIpc) is 3.25. The summed E-state index contributed by atoms with van der Waals surface area (Å²) in [6, 6.07) is 15.6. The van der Waals surface area contributed by atoms with Crippen molar-refractivity contribution in [3.63, 3.8) is 0 Å². The Kier molecular flexibility index (Phi) is 5.24. The van der Waals surface area contributed by atoms with Crippen LogP contribution in [0, 0.1) is 25.2 Å². The van der Waals surface area contributed by atoms with E-state index in [1.807, 2.05) is 45.2 Å². The molecule has 0 atom stereocenters. The molecule has 0 radical (unpaired) electrons. The van der Waals surface area contributed by atoms with Crippen molar-refractivity contribution < 1.29 is 4.79 Å². The van der Waals surface area contributed by atoms with Gasteiger partial charge in [0.15, 0.2) is 0 Å². The largest absolute Gasteiger partial charge is 0.343 e. The summed E-state index contributed by atoms with van der Waals surface area (Å²) in [4.78, 5) is 15.9. The van der Waals surface area contributed by atoms with Crippen molar-refractivity contribution in [2.75, 3.05) is 7.05 Å². The Bertz CT molecular complexity index is 947. The predicted molar refractivity (Wildman–Crippen MR) is 104 cm³/mol. The fourth-order valence-electron chi connectivity index (χ4n) is 3.06. The van der Waals surface area contributed by atoms with Crippen LogP contribution in [0.3, 0.4) is 0 Å². The molecule has 0 unspecified atom stereocenters. The lowest BCUT2D eigenvalue weighted by Gasteiger charge is -2.17. The van der Waals surface area contributed by atoms with E-state index >= 15 is 0 Å². The lowest BCUT2D eigenvalue weighted by Crippen LogP contribution is -2.26. The van der Waals surface area contributed by atoms with Gasteiger partial charge >= 0.3 is 0 Å². The number of rotatable bonds is 5.